The van der Waals surface area contributed by atoms with Crippen LogP contribution >= 0.6 is 27.7 Å². The van der Waals surface area contributed by atoms with Crippen LogP contribution in [0.5, 0.6) is 17.2 Å². The van der Waals surface area contributed by atoms with Gasteiger partial charge in [0.2, 0.25) is 0 Å². The zero-order valence-electron chi connectivity index (χ0n) is 14.8. The average molecular weight is 450 g/mol. The van der Waals surface area contributed by atoms with E-state index >= 15 is 0 Å². The summed E-state index contributed by atoms with van der Waals surface area (Å²) in [5.41, 5.74) is 1.06. The van der Waals surface area contributed by atoms with Crippen molar-refractivity contribution in [3.05, 3.63) is 51.3 Å². The molecule has 1 saturated heterocycles. The first-order valence-electron chi connectivity index (χ1n) is 7.82. The summed E-state index contributed by atoms with van der Waals surface area (Å²) in [7, 11) is 4.58. The van der Waals surface area contributed by atoms with Crippen molar-refractivity contribution in [3.63, 3.8) is 0 Å². The maximum absolute atomic E-state index is 12.9. The highest BCUT2D eigenvalue weighted by atomic mass is 79.9. The predicted octanol–water partition coefficient (Wildman–Crippen LogP) is 4.72. The molecular weight excluding hydrogens is 434 g/mol. The number of hydrogen-bond donors (Lipinski definition) is 0. The molecule has 0 saturated carbocycles. The molecule has 2 aromatic carbocycles. The summed E-state index contributed by atoms with van der Waals surface area (Å²) in [5.74, 6) is 1.17. The molecule has 0 radical (unpaired) electrons. The number of para-hydroxylation sites is 2. The largest absolute Gasteiger partial charge is 0.496 e. The van der Waals surface area contributed by atoms with E-state index in [-0.39, 0.29) is 5.24 Å². The summed E-state index contributed by atoms with van der Waals surface area (Å²) in [4.78, 5) is 26.8. The second-order valence-electron chi connectivity index (χ2n) is 5.42. The third kappa shape index (κ3) is 3.68. The predicted molar refractivity (Wildman–Crippen MR) is 109 cm³/mol. The summed E-state index contributed by atoms with van der Waals surface area (Å²) in [6.45, 7) is 0. The van der Waals surface area contributed by atoms with Crippen LogP contribution in [0.2, 0.25) is 0 Å². The van der Waals surface area contributed by atoms with Crippen molar-refractivity contribution in [2.24, 2.45) is 0 Å². The normalized spacial score (nSPS) is 15.4. The average Bonchev–Trinajstić information content (AvgIpc) is 2.95. The minimum atomic E-state index is -0.413. The Bertz CT molecular complexity index is 944. The lowest BCUT2D eigenvalue weighted by molar-refractivity contribution is -0.113. The molecule has 0 spiro atoms. The number of methoxy groups -OCH3 is 3. The summed E-state index contributed by atoms with van der Waals surface area (Å²) in [6, 6.07) is 10.4. The Hall–Kier alpha value is -2.45. The van der Waals surface area contributed by atoms with Gasteiger partial charge in [-0.1, -0.05) is 12.1 Å². The van der Waals surface area contributed by atoms with Crippen molar-refractivity contribution in [2.45, 2.75) is 0 Å². The topological polar surface area (TPSA) is 65.1 Å². The van der Waals surface area contributed by atoms with Gasteiger partial charge in [-0.15, -0.1) is 0 Å². The van der Waals surface area contributed by atoms with Gasteiger partial charge in [0.15, 0.2) is 0 Å². The van der Waals surface area contributed by atoms with Crippen LogP contribution < -0.4 is 19.1 Å². The molecule has 27 heavy (non-hydrogen) atoms. The number of ether oxygens (including phenoxy) is 3. The van der Waals surface area contributed by atoms with Gasteiger partial charge in [-0.3, -0.25) is 9.59 Å². The van der Waals surface area contributed by atoms with Gasteiger partial charge in [0.25, 0.3) is 11.1 Å². The molecule has 1 heterocycles. The van der Waals surface area contributed by atoms with E-state index in [1.165, 1.54) is 14.2 Å². The van der Waals surface area contributed by atoms with Gasteiger partial charge in [0, 0.05) is 11.6 Å². The SMILES string of the molecule is COc1cc(OC)c(/C=C2\SC(=O)N(c3ccccc3OC)C2=O)cc1Br. The third-order valence-electron chi connectivity index (χ3n) is 3.91. The highest BCUT2D eigenvalue weighted by Crippen LogP contribution is 2.41. The van der Waals surface area contributed by atoms with Crippen molar-refractivity contribution in [2.75, 3.05) is 26.2 Å². The molecule has 1 aliphatic rings. The first-order valence-corrected chi connectivity index (χ1v) is 9.43. The lowest BCUT2D eigenvalue weighted by Gasteiger charge is -2.15. The van der Waals surface area contributed by atoms with Gasteiger partial charge in [0.1, 0.15) is 17.2 Å². The Morgan fingerprint density at radius 1 is 0.963 bits per heavy atom. The lowest BCUT2D eigenvalue weighted by Crippen LogP contribution is -2.28. The molecule has 1 fully saturated rings. The second kappa shape index (κ2) is 8.06. The van der Waals surface area contributed by atoms with Crippen LogP contribution in [0, 0.1) is 0 Å². The van der Waals surface area contributed by atoms with Crippen molar-refractivity contribution in [1.82, 2.24) is 0 Å². The highest BCUT2D eigenvalue weighted by Gasteiger charge is 2.37. The quantitative estimate of drug-likeness (QED) is 0.615. The minimum absolute atomic E-state index is 0.293. The fourth-order valence-electron chi connectivity index (χ4n) is 2.63. The zero-order chi connectivity index (χ0) is 19.6. The number of nitrogens with zero attached hydrogens (tertiary/aromatic N) is 1. The smallest absolute Gasteiger partial charge is 0.298 e. The van der Waals surface area contributed by atoms with Gasteiger partial charge < -0.3 is 14.2 Å². The Morgan fingerprint density at radius 3 is 2.30 bits per heavy atom. The van der Waals surface area contributed by atoms with Crippen molar-refractivity contribution >= 4 is 50.6 Å². The van der Waals surface area contributed by atoms with Crippen molar-refractivity contribution < 1.29 is 23.8 Å². The maximum Gasteiger partial charge on any atom is 0.298 e. The molecule has 140 valence electrons. The number of imide groups is 1. The zero-order valence-corrected chi connectivity index (χ0v) is 17.2. The van der Waals surface area contributed by atoms with Crippen LogP contribution in [0.15, 0.2) is 45.8 Å². The number of carbonyl (C=O) groups excluding carboxylic acids is 2. The number of anilines is 1. The third-order valence-corrected chi connectivity index (χ3v) is 5.40. The maximum atomic E-state index is 12.9. The van der Waals surface area contributed by atoms with Crippen LogP contribution in [0.25, 0.3) is 6.08 Å². The van der Waals surface area contributed by atoms with E-state index in [1.54, 1.807) is 49.6 Å². The van der Waals surface area contributed by atoms with Crippen molar-refractivity contribution in [1.29, 1.82) is 0 Å². The molecule has 2 amide bonds. The first-order chi connectivity index (χ1) is 13.0. The molecule has 8 heteroatoms. The van der Waals surface area contributed by atoms with Crippen LogP contribution in [0.4, 0.5) is 10.5 Å². The minimum Gasteiger partial charge on any atom is -0.496 e. The lowest BCUT2D eigenvalue weighted by atomic mass is 10.1. The van der Waals surface area contributed by atoms with E-state index in [9.17, 15) is 9.59 Å². The molecular formula is C19H16BrNO5S. The van der Waals surface area contributed by atoms with Crippen molar-refractivity contribution in [3.8, 4) is 17.2 Å². The van der Waals surface area contributed by atoms with Crippen LogP contribution in [-0.4, -0.2) is 32.5 Å². The highest BCUT2D eigenvalue weighted by molar-refractivity contribution is 9.10. The fraction of sp³-hybridized carbons (Fsp3) is 0.158. The van der Waals surface area contributed by atoms with E-state index in [4.69, 9.17) is 14.2 Å². The van der Waals surface area contributed by atoms with Crippen LogP contribution in [-0.2, 0) is 4.79 Å². The standard InChI is InChI=1S/C19H16BrNO5S/c1-24-14-7-5-4-6-13(14)21-18(22)17(27-19(21)23)9-11-8-12(20)16(26-3)10-15(11)25-2/h4-10H,1-3H3/b17-9-. The van der Waals surface area contributed by atoms with E-state index < -0.39 is 5.91 Å². The Morgan fingerprint density at radius 2 is 1.63 bits per heavy atom. The van der Waals surface area contributed by atoms with Gasteiger partial charge >= 0.3 is 0 Å². The van der Waals surface area contributed by atoms with Gasteiger partial charge in [-0.25, -0.2) is 4.90 Å². The van der Waals surface area contributed by atoms with Gasteiger partial charge in [-0.05, 0) is 52.0 Å². The molecule has 0 atom stereocenters. The molecule has 6 nitrogen and oxygen atoms in total. The van der Waals surface area contributed by atoms with E-state index in [1.807, 2.05) is 0 Å². The summed E-state index contributed by atoms with van der Waals surface area (Å²) in [5, 5.41) is -0.387. The molecule has 0 bridgehead atoms. The number of benzene rings is 2. The Kier molecular flexibility index (Phi) is 5.76. The Labute approximate surface area is 169 Å². The van der Waals surface area contributed by atoms with E-state index in [2.05, 4.69) is 15.9 Å². The first kappa shape index (κ1) is 19.3. The number of halogens is 1. The van der Waals surface area contributed by atoms with Crippen LogP contribution in [0.3, 0.4) is 0 Å². The Balaban J connectivity index is 2.01. The van der Waals surface area contributed by atoms with E-state index in [0.29, 0.717) is 37.9 Å². The number of amides is 2. The van der Waals surface area contributed by atoms with Gasteiger partial charge in [0.05, 0.1) is 36.4 Å². The molecule has 2 aromatic rings. The number of rotatable bonds is 5. The molecule has 1 aliphatic heterocycles. The van der Waals surface area contributed by atoms with Gasteiger partial charge in [-0.2, -0.15) is 0 Å². The monoisotopic (exact) mass is 449 g/mol. The summed E-state index contributed by atoms with van der Waals surface area (Å²) in [6.07, 6.45) is 1.63. The van der Waals surface area contributed by atoms with E-state index in [0.717, 1.165) is 16.7 Å². The number of carbonyl (C=O) groups is 2. The molecule has 0 unspecified atom stereocenters. The second-order valence-corrected chi connectivity index (χ2v) is 7.27. The summed E-state index contributed by atoms with van der Waals surface area (Å²) >= 11 is 4.29. The summed E-state index contributed by atoms with van der Waals surface area (Å²) < 4.78 is 16.6. The van der Waals surface area contributed by atoms with Crippen LogP contribution in [0.1, 0.15) is 5.56 Å². The molecule has 0 N–H and O–H groups in total. The molecule has 0 aromatic heterocycles. The number of hydrogen-bond acceptors (Lipinski definition) is 6. The fourth-order valence-corrected chi connectivity index (χ4v) is 3.98. The number of thioether (sulfide) groups is 1. The molecule has 0 aliphatic carbocycles. The molecule has 3 rings (SSSR count).